The van der Waals surface area contributed by atoms with Gasteiger partial charge in [0, 0.05) is 5.92 Å². The third-order valence-electron chi connectivity index (χ3n) is 2.83. The highest BCUT2D eigenvalue weighted by atomic mass is 16.5. The van der Waals surface area contributed by atoms with Crippen LogP contribution in [0.25, 0.3) is 0 Å². The van der Waals surface area contributed by atoms with Crippen LogP contribution in [0, 0.1) is 5.92 Å². The van der Waals surface area contributed by atoms with E-state index in [4.69, 9.17) is 9.47 Å². The van der Waals surface area contributed by atoms with Crippen molar-refractivity contribution in [1.82, 2.24) is 0 Å². The lowest BCUT2D eigenvalue weighted by Gasteiger charge is -2.20. The minimum absolute atomic E-state index is 0.166. The summed E-state index contributed by atoms with van der Waals surface area (Å²) in [6.45, 7) is 4.21. The second-order valence-electron chi connectivity index (χ2n) is 4.16. The molecule has 1 aliphatic rings. The highest BCUT2D eigenvalue weighted by Gasteiger charge is 2.17. The Morgan fingerprint density at radius 2 is 2.12 bits per heavy atom. The van der Waals surface area contributed by atoms with Crippen molar-refractivity contribution in [3.05, 3.63) is 48.0 Å². The van der Waals surface area contributed by atoms with Gasteiger partial charge in [-0.15, -0.1) is 0 Å². The van der Waals surface area contributed by atoms with Crippen molar-refractivity contribution in [2.24, 2.45) is 5.92 Å². The maximum Gasteiger partial charge on any atom is 0.0872 e. The van der Waals surface area contributed by atoms with Crippen LogP contribution in [0.2, 0.25) is 0 Å². The number of hydrogen-bond acceptors (Lipinski definition) is 2. The summed E-state index contributed by atoms with van der Waals surface area (Å²) in [7, 11) is 0. The maximum atomic E-state index is 5.88. The summed E-state index contributed by atoms with van der Waals surface area (Å²) in [5.41, 5.74) is 1.21. The third kappa shape index (κ3) is 3.19. The van der Waals surface area contributed by atoms with E-state index in [1.54, 1.807) is 0 Å². The Morgan fingerprint density at radius 1 is 1.31 bits per heavy atom. The molecule has 0 unspecified atom stereocenters. The van der Waals surface area contributed by atoms with Gasteiger partial charge in [0.15, 0.2) is 0 Å². The Bertz CT molecular complexity index is 332. The van der Waals surface area contributed by atoms with Crippen LogP contribution in [-0.2, 0) is 16.1 Å². The maximum absolute atomic E-state index is 5.88. The molecule has 16 heavy (non-hydrogen) atoms. The zero-order valence-corrected chi connectivity index (χ0v) is 9.63. The van der Waals surface area contributed by atoms with Gasteiger partial charge in [-0.25, -0.2) is 0 Å². The van der Waals surface area contributed by atoms with E-state index in [0.717, 1.165) is 0 Å². The fraction of sp³-hybridized carbons (Fsp3) is 0.429. The molecule has 1 aromatic carbocycles. The van der Waals surface area contributed by atoms with E-state index in [0.29, 0.717) is 25.7 Å². The smallest absolute Gasteiger partial charge is 0.0872 e. The SMILES string of the molecule is C[C@H]1C=CCOC[C@H]1OCc1ccccc1. The van der Waals surface area contributed by atoms with E-state index in [1.807, 2.05) is 18.2 Å². The first-order chi connectivity index (χ1) is 7.86. The summed E-state index contributed by atoms with van der Waals surface area (Å²) >= 11 is 0. The fourth-order valence-corrected chi connectivity index (χ4v) is 1.78. The summed E-state index contributed by atoms with van der Waals surface area (Å²) in [5.74, 6) is 0.422. The zero-order valence-electron chi connectivity index (χ0n) is 9.63. The zero-order chi connectivity index (χ0) is 11.2. The fourth-order valence-electron chi connectivity index (χ4n) is 1.78. The van der Waals surface area contributed by atoms with Gasteiger partial charge in [0.2, 0.25) is 0 Å². The van der Waals surface area contributed by atoms with Gasteiger partial charge in [-0.1, -0.05) is 49.4 Å². The summed E-state index contributed by atoms with van der Waals surface area (Å²) < 4.78 is 11.3. The summed E-state index contributed by atoms with van der Waals surface area (Å²) in [4.78, 5) is 0. The standard InChI is InChI=1S/C14H18O2/c1-12-6-5-9-15-11-14(12)16-10-13-7-3-2-4-8-13/h2-8,12,14H,9-11H2,1H3/t12-,14+/m0/s1. The number of rotatable bonds is 3. The van der Waals surface area contributed by atoms with Gasteiger partial charge >= 0.3 is 0 Å². The molecule has 2 rings (SSSR count). The van der Waals surface area contributed by atoms with Crippen molar-refractivity contribution in [3.63, 3.8) is 0 Å². The average Bonchev–Trinajstić information content (AvgIpc) is 2.53. The van der Waals surface area contributed by atoms with Gasteiger partial charge in [0.05, 0.1) is 25.9 Å². The molecular formula is C14H18O2. The van der Waals surface area contributed by atoms with E-state index in [9.17, 15) is 0 Å². The van der Waals surface area contributed by atoms with E-state index < -0.39 is 0 Å². The summed E-state index contributed by atoms with van der Waals surface area (Å²) in [6, 6.07) is 10.2. The third-order valence-corrected chi connectivity index (χ3v) is 2.83. The minimum atomic E-state index is 0.166. The van der Waals surface area contributed by atoms with Gasteiger partial charge < -0.3 is 9.47 Å². The van der Waals surface area contributed by atoms with E-state index >= 15 is 0 Å². The van der Waals surface area contributed by atoms with Crippen molar-refractivity contribution in [2.45, 2.75) is 19.6 Å². The minimum Gasteiger partial charge on any atom is -0.375 e. The van der Waals surface area contributed by atoms with E-state index in [-0.39, 0.29) is 6.10 Å². The van der Waals surface area contributed by atoms with Crippen LogP contribution in [0.5, 0.6) is 0 Å². The Labute approximate surface area is 96.9 Å². The molecule has 0 saturated heterocycles. The van der Waals surface area contributed by atoms with Gasteiger partial charge in [-0.3, -0.25) is 0 Å². The lowest BCUT2D eigenvalue weighted by atomic mass is 10.1. The molecule has 86 valence electrons. The normalized spacial score (nSPS) is 25.3. The number of benzene rings is 1. The Kier molecular flexibility index (Phi) is 4.14. The van der Waals surface area contributed by atoms with Crippen molar-refractivity contribution in [3.8, 4) is 0 Å². The molecule has 1 aliphatic heterocycles. The molecule has 0 bridgehead atoms. The molecule has 0 radical (unpaired) electrons. The molecular weight excluding hydrogens is 200 g/mol. The number of ether oxygens (including phenoxy) is 2. The highest BCUT2D eigenvalue weighted by Crippen LogP contribution is 2.15. The quantitative estimate of drug-likeness (QED) is 0.726. The van der Waals surface area contributed by atoms with Gasteiger partial charge in [-0.05, 0) is 5.56 Å². The molecule has 0 amide bonds. The van der Waals surface area contributed by atoms with Crippen LogP contribution in [0.3, 0.4) is 0 Å². The molecule has 0 saturated carbocycles. The molecule has 0 aliphatic carbocycles. The first kappa shape index (κ1) is 11.4. The summed E-state index contributed by atoms with van der Waals surface area (Å²) in [5, 5.41) is 0. The molecule has 2 atom stereocenters. The first-order valence-corrected chi connectivity index (χ1v) is 5.76. The average molecular weight is 218 g/mol. The van der Waals surface area contributed by atoms with Gasteiger partial charge in [0.1, 0.15) is 0 Å². The van der Waals surface area contributed by atoms with Crippen molar-refractivity contribution in [2.75, 3.05) is 13.2 Å². The van der Waals surface area contributed by atoms with Crippen LogP contribution < -0.4 is 0 Å². The van der Waals surface area contributed by atoms with E-state index in [2.05, 4.69) is 31.2 Å². The van der Waals surface area contributed by atoms with Crippen molar-refractivity contribution < 1.29 is 9.47 Å². The molecule has 2 heteroatoms. The second kappa shape index (κ2) is 5.83. The van der Waals surface area contributed by atoms with Crippen molar-refractivity contribution in [1.29, 1.82) is 0 Å². The summed E-state index contributed by atoms with van der Waals surface area (Å²) in [6.07, 6.45) is 4.40. The molecule has 0 aromatic heterocycles. The lowest BCUT2D eigenvalue weighted by molar-refractivity contribution is -0.0320. The number of hydrogen-bond donors (Lipinski definition) is 0. The topological polar surface area (TPSA) is 18.5 Å². The lowest BCUT2D eigenvalue weighted by Crippen LogP contribution is -2.24. The Hall–Kier alpha value is -1.12. The van der Waals surface area contributed by atoms with Gasteiger partial charge in [-0.2, -0.15) is 0 Å². The molecule has 1 heterocycles. The molecule has 2 nitrogen and oxygen atoms in total. The predicted molar refractivity (Wildman–Crippen MR) is 64.1 cm³/mol. The van der Waals surface area contributed by atoms with Crippen LogP contribution >= 0.6 is 0 Å². The largest absolute Gasteiger partial charge is 0.375 e. The Morgan fingerprint density at radius 3 is 2.94 bits per heavy atom. The Balaban J connectivity index is 1.87. The van der Waals surface area contributed by atoms with Gasteiger partial charge in [0.25, 0.3) is 0 Å². The van der Waals surface area contributed by atoms with Crippen LogP contribution in [-0.4, -0.2) is 19.3 Å². The van der Waals surface area contributed by atoms with Crippen LogP contribution in [0.15, 0.2) is 42.5 Å². The van der Waals surface area contributed by atoms with Crippen LogP contribution in [0.1, 0.15) is 12.5 Å². The first-order valence-electron chi connectivity index (χ1n) is 5.76. The molecule has 0 spiro atoms. The monoisotopic (exact) mass is 218 g/mol. The molecule has 1 aromatic rings. The molecule has 0 fully saturated rings. The highest BCUT2D eigenvalue weighted by molar-refractivity contribution is 5.13. The van der Waals surface area contributed by atoms with Crippen molar-refractivity contribution >= 4 is 0 Å². The van der Waals surface area contributed by atoms with Crippen LogP contribution in [0.4, 0.5) is 0 Å². The second-order valence-corrected chi connectivity index (χ2v) is 4.16. The predicted octanol–water partition coefficient (Wildman–Crippen LogP) is 2.79. The van der Waals surface area contributed by atoms with E-state index in [1.165, 1.54) is 5.56 Å². The molecule has 0 N–H and O–H groups in total.